The van der Waals surface area contributed by atoms with Gasteiger partial charge in [-0.25, -0.2) is 0 Å². The number of halogens is 3. The molecule has 1 saturated heterocycles. The molecule has 0 radical (unpaired) electrons. The van der Waals surface area contributed by atoms with Gasteiger partial charge >= 0.3 is 6.18 Å². The zero-order chi connectivity index (χ0) is 9.90. The molecular formula is C8H15F3N2. The zero-order valence-electron chi connectivity index (χ0n) is 7.48. The van der Waals surface area contributed by atoms with E-state index in [9.17, 15) is 13.2 Å². The number of piperidine rings is 1. The second-order valence-electron chi connectivity index (χ2n) is 3.59. The molecule has 1 heterocycles. The number of hydrogen-bond donors (Lipinski definition) is 1. The Morgan fingerprint density at radius 1 is 1.38 bits per heavy atom. The molecule has 2 N–H and O–H groups in total. The Hall–Kier alpha value is -0.290. The van der Waals surface area contributed by atoms with E-state index in [1.807, 2.05) is 0 Å². The third kappa shape index (κ3) is 3.95. The van der Waals surface area contributed by atoms with Crippen molar-refractivity contribution in [2.75, 3.05) is 26.2 Å². The van der Waals surface area contributed by atoms with Crippen molar-refractivity contribution < 1.29 is 13.2 Å². The summed E-state index contributed by atoms with van der Waals surface area (Å²) in [7, 11) is 0. The first-order valence-corrected chi connectivity index (χ1v) is 4.50. The minimum atomic E-state index is -4.07. The quantitative estimate of drug-likeness (QED) is 0.719. The van der Waals surface area contributed by atoms with Gasteiger partial charge < -0.3 is 5.73 Å². The molecule has 0 aromatic carbocycles. The van der Waals surface area contributed by atoms with Gasteiger partial charge in [-0.15, -0.1) is 0 Å². The minimum absolute atomic E-state index is 0.246. The molecule has 0 bridgehead atoms. The van der Waals surface area contributed by atoms with Crippen LogP contribution in [-0.4, -0.2) is 37.3 Å². The van der Waals surface area contributed by atoms with E-state index < -0.39 is 12.7 Å². The van der Waals surface area contributed by atoms with Gasteiger partial charge in [-0.3, -0.25) is 4.90 Å². The van der Waals surface area contributed by atoms with Crippen molar-refractivity contribution in [1.82, 2.24) is 4.90 Å². The van der Waals surface area contributed by atoms with Gasteiger partial charge in [0.15, 0.2) is 0 Å². The third-order valence-electron chi connectivity index (χ3n) is 2.34. The highest BCUT2D eigenvalue weighted by atomic mass is 19.4. The molecule has 78 valence electrons. The number of likely N-dealkylation sites (tertiary alicyclic amines) is 1. The van der Waals surface area contributed by atoms with Gasteiger partial charge in [-0.1, -0.05) is 0 Å². The maximum Gasteiger partial charge on any atom is 0.401 e. The Morgan fingerprint density at radius 2 is 2.08 bits per heavy atom. The van der Waals surface area contributed by atoms with Crippen molar-refractivity contribution in [3.8, 4) is 0 Å². The molecule has 0 spiro atoms. The van der Waals surface area contributed by atoms with Crippen LogP contribution in [0.4, 0.5) is 13.2 Å². The first kappa shape index (κ1) is 10.8. The fourth-order valence-corrected chi connectivity index (χ4v) is 1.74. The predicted molar refractivity (Wildman–Crippen MR) is 44.3 cm³/mol. The number of rotatable bonds is 2. The summed E-state index contributed by atoms with van der Waals surface area (Å²) in [4.78, 5) is 1.45. The van der Waals surface area contributed by atoms with Crippen LogP contribution in [0.3, 0.4) is 0 Å². The summed E-state index contributed by atoms with van der Waals surface area (Å²) in [5.41, 5.74) is 5.42. The third-order valence-corrected chi connectivity index (χ3v) is 2.34. The molecule has 0 saturated carbocycles. The maximum atomic E-state index is 12.0. The molecule has 0 amide bonds. The molecule has 1 rings (SSSR count). The zero-order valence-corrected chi connectivity index (χ0v) is 7.48. The largest absolute Gasteiger partial charge is 0.401 e. The second-order valence-corrected chi connectivity index (χ2v) is 3.59. The highest BCUT2D eigenvalue weighted by Crippen LogP contribution is 2.21. The van der Waals surface area contributed by atoms with Crippen LogP contribution < -0.4 is 5.73 Å². The monoisotopic (exact) mass is 196 g/mol. The molecule has 13 heavy (non-hydrogen) atoms. The van der Waals surface area contributed by atoms with Gasteiger partial charge in [-0.2, -0.15) is 13.2 Å². The van der Waals surface area contributed by atoms with Gasteiger partial charge in [0, 0.05) is 6.54 Å². The van der Waals surface area contributed by atoms with Crippen LogP contribution in [0.15, 0.2) is 0 Å². The highest BCUT2D eigenvalue weighted by molar-refractivity contribution is 4.75. The van der Waals surface area contributed by atoms with Crippen LogP contribution in [-0.2, 0) is 0 Å². The average Bonchev–Trinajstić information content (AvgIpc) is 2.01. The minimum Gasteiger partial charge on any atom is -0.330 e. The first-order valence-electron chi connectivity index (χ1n) is 4.50. The lowest BCUT2D eigenvalue weighted by atomic mass is 9.98. The smallest absolute Gasteiger partial charge is 0.330 e. The van der Waals surface area contributed by atoms with Crippen LogP contribution in [0.5, 0.6) is 0 Å². The van der Waals surface area contributed by atoms with Crippen molar-refractivity contribution in [2.24, 2.45) is 11.7 Å². The molecule has 1 unspecified atom stereocenters. The van der Waals surface area contributed by atoms with Crippen molar-refractivity contribution in [2.45, 2.75) is 19.0 Å². The van der Waals surface area contributed by atoms with E-state index in [0.717, 1.165) is 12.8 Å². The highest BCUT2D eigenvalue weighted by Gasteiger charge is 2.32. The Kier molecular flexibility index (Phi) is 3.55. The fourth-order valence-electron chi connectivity index (χ4n) is 1.74. The lowest BCUT2D eigenvalue weighted by Crippen LogP contribution is -2.43. The molecule has 0 aliphatic carbocycles. The van der Waals surface area contributed by atoms with Gasteiger partial charge in [0.2, 0.25) is 0 Å². The summed E-state index contributed by atoms with van der Waals surface area (Å²) in [5.74, 6) is 0.246. The van der Waals surface area contributed by atoms with Gasteiger partial charge in [-0.05, 0) is 31.8 Å². The van der Waals surface area contributed by atoms with Gasteiger partial charge in [0.25, 0.3) is 0 Å². The fraction of sp³-hybridized carbons (Fsp3) is 1.00. The van der Waals surface area contributed by atoms with E-state index in [1.165, 1.54) is 4.90 Å². The van der Waals surface area contributed by atoms with Crippen LogP contribution in [0, 0.1) is 5.92 Å². The number of nitrogens with two attached hydrogens (primary N) is 1. The summed E-state index contributed by atoms with van der Waals surface area (Å²) in [6.45, 7) is 0.754. The standard InChI is InChI=1S/C8H15F3N2/c9-8(10,11)6-13-3-1-2-7(4-12)5-13/h7H,1-6,12H2. The van der Waals surface area contributed by atoms with Gasteiger partial charge in [0.1, 0.15) is 0 Å². The van der Waals surface area contributed by atoms with E-state index in [4.69, 9.17) is 5.73 Å². The lowest BCUT2D eigenvalue weighted by Gasteiger charge is -2.32. The number of hydrogen-bond acceptors (Lipinski definition) is 2. The Balaban J connectivity index is 2.34. The first-order chi connectivity index (χ1) is 6.01. The molecule has 1 fully saturated rings. The van der Waals surface area contributed by atoms with E-state index in [-0.39, 0.29) is 5.92 Å². The van der Waals surface area contributed by atoms with Crippen LogP contribution in [0.1, 0.15) is 12.8 Å². The Bertz CT molecular complexity index is 158. The van der Waals surface area contributed by atoms with Gasteiger partial charge in [0.05, 0.1) is 6.54 Å². The molecule has 2 nitrogen and oxygen atoms in total. The average molecular weight is 196 g/mol. The summed E-state index contributed by atoms with van der Waals surface area (Å²) in [6, 6.07) is 0. The van der Waals surface area contributed by atoms with Crippen LogP contribution in [0.2, 0.25) is 0 Å². The second kappa shape index (κ2) is 4.28. The molecule has 0 aromatic rings. The van der Waals surface area contributed by atoms with Crippen LogP contribution >= 0.6 is 0 Å². The Morgan fingerprint density at radius 3 is 2.62 bits per heavy atom. The van der Waals surface area contributed by atoms with Crippen molar-refractivity contribution in [3.63, 3.8) is 0 Å². The molecule has 1 atom stereocenters. The summed E-state index contributed by atoms with van der Waals surface area (Å²) in [5, 5.41) is 0. The lowest BCUT2D eigenvalue weighted by molar-refractivity contribution is -0.149. The van der Waals surface area contributed by atoms with E-state index in [0.29, 0.717) is 19.6 Å². The number of alkyl halides is 3. The SMILES string of the molecule is NCC1CCCN(CC(F)(F)F)C1. The normalized spacial score (nSPS) is 26.3. The molecular weight excluding hydrogens is 181 g/mol. The summed E-state index contributed by atoms with van der Waals surface area (Å²) in [6.07, 6.45) is -2.28. The predicted octanol–water partition coefficient (Wildman–Crippen LogP) is 1.22. The van der Waals surface area contributed by atoms with Crippen LogP contribution in [0.25, 0.3) is 0 Å². The Labute approximate surface area is 75.9 Å². The van der Waals surface area contributed by atoms with Crippen molar-refractivity contribution >= 4 is 0 Å². The molecule has 0 aromatic heterocycles. The molecule has 1 aliphatic heterocycles. The van der Waals surface area contributed by atoms with E-state index in [1.54, 1.807) is 0 Å². The topological polar surface area (TPSA) is 29.3 Å². The van der Waals surface area contributed by atoms with E-state index in [2.05, 4.69) is 0 Å². The van der Waals surface area contributed by atoms with Crippen molar-refractivity contribution in [3.05, 3.63) is 0 Å². The molecule has 5 heteroatoms. The maximum absolute atomic E-state index is 12.0. The summed E-state index contributed by atoms with van der Waals surface area (Å²) >= 11 is 0. The van der Waals surface area contributed by atoms with Crippen molar-refractivity contribution in [1.29, 1.82) is 0 Å². The van der Waals surface area contributed by atoms with E-state index >= 15 is 0 Å². The number of nitrogens with zero attached hydrogens (tertiary/aromatic N) is 1. The summed E-state index contributed by atoms with van der Waals surface area (Å²) < 4.78 is 36.0. The molecule has 1 aliphatic rings.